The highest BCUT2D eigenvalue weighted by molar-refractivity contribution is 5.66. The molecule has 4 nitrogen and oxygen atoms in total. The lowest BCUT2D eigenvalue weighted by Crippen LogP contribution is -2.31. The fourth-order valence-electron chi connectivity index (χ4n) is 3.12. The summed E-state index contributed by atoms with van der Waals surface area (Å²) in [5.41, 5.74) is 0. The highest BCUT2D eigenvalue weighted by atomic mass is 16.5. The lowest BCUT2D eigenvalue weighted by atomic mass is 9.83. The van der Waals surface area contributed by atoms with Crippen molar-refractivity contribution in [2.75, 3.05) is 0 Å². The molecule has 0 aromatic carbocycles. The number of aliphatic hydroxyl groups is 1. The van der Waals surface area contributed by atoms with Crippen LogP contribution in [-0.2, 0) is 9.53 Å². The number of aliphatic carboxylic acids is 1. The standard InChI is InChI=1S/C13H22O4/c14-12(15)6-4-2-1-3-5-9-10-7-8-11(17-10)13(9)16/h9-11,13,16H,1-8H2,(H,14,15). The third-order valence-electron chi connectivity index (χ3n) is 4.06. The Hall–Kier alpha value is -0.610. The summed E-state index contributed by atoms with van der Waals surface area (Å²) >= 11 is 0. The number of hydrogen-bond donors (Lipinski definition) is 2. The van der Waals surface area contributed by atoms with E-state index >= 15 is 0 Å². The molecule has 0 aromatic rings. The fourth-order valence-corrected chi connectivity index (χ4v) is 3.12. The summed E-state index contributed by atoms with van der Waals surface area (Å²) < 4.78 is 5.68. The summed E-state index contributed by atoms with van der Waals surface area (Å²) in [6.45, 7) is 0. The Morgan fingerprint density at radius 2 is 1.82 bits per heavy atom. The van der Waals surface area contributed by atoms with Gasteiger partial charge in [0, 0.05) is 12.3 Å². The van der Waals surface area contributed by atoms with Crippen molar-refractivity contribution in [3.05, 3.63) is 0 Å². The number of aliphatic hydroxyl groups excluding tert-OH is 1. The van der Waals surface area contributed by atoms with Crippen molar-refractivity contribution >= 4 is 5.97 Å². The molecule has 0 aromatic heterocycles. The van der Waals surface area contributed by atoms with Gasteiger partial charge in [-0.2, -0.15) is 0 Å². The summed E-state index contributed by atoms with van der Waals surface area (Å²) in [5.74, 6) is -0.379. The van der Waals surface area contributed by atoms with Gasteiger partial charge in [0.1, 0.15) is 0 Å². The van der Waals surface area contributed by atoms with Crippen LogP contribution < -0.4 is 0 Å². The third kappa shape index (κ3) is 3.19. The molecule has 0 amide bonds. The molecule has 2 rings (SSSR count). The highest BCUT2D eigenvalue weighted by Crippen LogP contribution is 2.41. The summed E-state index contributed by atoms with van der Waals surface area (Å²) in [7, 11) is 0. The minimum absolute atomic E-state index is 0.0945. The van der Waals surface area contributed by atoms with Gasteiger partial charge >= 0.3 is 5.97 Å². The predicted octanol–water partition coefficient (Wildman–Crippen LogP) is 1.95. The Labute approximate surface area is 102 Å². The zero-order valence-corrected chi connectivity index (χ0v) is 10.2. The highest BCUT2D eigenvalue weighted by Gasteiger charge is 2.47. The van der Waals surface area contributed by atoms with Crippen LogP contribution in [0.2, 0.25) is 0 Å². The number of rotatable bonds is 7. The average Bonchev–Trinajstić information content (AvgIpc) is 2.85. The average molecular weight is 242 g/mol. The van der Waals surface area contributed by atoms with Crippen molar-refractivity contribution in [1.82, 2.24) is 0 Å². The van der Waals surface area contributed by atoms with Crippen molar-refractivity contribution in [2.45, 2.75) is 69.7 Å². The van der Waals surface area contributed by atoms with E-state index in [1.54, 1.807) is 0 Å². The van der Waals surface area contributed by atoms with E-state index in [0.29, 0.717) is 5.92 Å². The lowest BCUT2D eigenvalue weighted by Gasteiger charge is -2.23. The molecule has 2 aliphatic heterocycles. The molecule has 17 heavy (non-hydrogen) atoms. The van der Waals surface area contributed by atoms with Gasteiger partial charge < -0.3 is 14.9 Å². The maximum atomic E-state index is 10.3. The van der Waals surface area contributed by atoms with Crippen molar-refractivity contribution < 1.29 is 19.7 Å². The van der Waals surface area contributed by atoms with Crippen molar-refractivity contribution in [3.8, 4) is 0 Å². The van der Waals surface area contributed by atoms with E-state index < -0.39 is 5.97 Å². The largest absolute Gasteiger partial charge is 0.481 e. The molecule has 0 radical (unpaired) electrons. The second-order valence-corrected chi connectivity index (χ2v) is 5.29. The normalized spacial score (nSPS) is 35.4. The maximum Gasteiger partial charge on any atom is 0.303 e. The van der Waals surface area contributed by atoms with Gasteiger partial charge in [-0.1, -0.05) is 19.3 Å². The fraction of sp³-hybridized carbons (Fsp3) is 0.923. The molecule has 2 N–H and O–H groups in total. The molecule has 4 heteroatoms. The Bertz CT molecular complexity index is 264. The SMILES string of the molecule is O=C(O)CCCCCCC1C2CCC(O2)C1O. The summed E-state index contributed by atoms with van der Waals surface area (Å²) in [6, 6.07) is 0. The number of carbonyl (C=O) groups is 1. The predicted molar refractivity (Wildman–Crippen MR) is 62.7 cm³/mol. The molecule has 2 saturated heterocycles. The van der Waals surface area contributed by atoms with Crippen LogP contribution >= 0.6 is 0 Å². The molecule has 2 fully saturated rings. The van der Waals surface area contributed by atoms with E-state index in [2.05, 4.69) is 0 Å². The smallest absolute Gasteiger partial charge is 0.303 e. The Morgan fingerprint density at radius 3 is 2.47 bits per heavy atom. The monoisotopic (exact) mass is 242 g/mol. The van der Waals surface area contributed by atoms with Gasteiger partial charge in [0.2, 0.25) is 0 Å². The van der Waals surface area contributed by atoms with Crippen LogP contribution in [-0.4, -0.2) is 34.5 Å². The molecular formula is C13H22O4. The first kappa shape index (κ1) is 12.8. The van der Waals surface area contributed by atoms with Gasteiger partial charge in [-0.05, 0) is 25.7 Å². The van der Waals surface area contributed by atoms with E-state index in [-0.39, 0.29) is 24.7 Å². The van der Waals surface area contributed by atoms with Crippen molar-refractivity contribution in [3.63, 3.8) is 0 Å². The first-order valence-corrected chi connectivity index (χ1v) is 6.74. The molecule has 2 bridgehead atoms. The topological polar surface area (TPSA) is 66.8 Å². The van der Waals surface area contributed by atoms with Gasteiger partial charge in [-0.3, -0.25) is 4.79 Å². The van der Waals surface area contributed by atoms with E-state index in [4.69, 9.17) is 9.84 Å². The van der Waals surface area contributed by atoms with E-state index in [9.17, 15) is 9.90 Å². The van der Waals surface area contributed by atoms with E-state index in [0.717, 1.165) is 44.9 Å². The first-order chi connectivity index (χ1) is 8.18. The molecule has 2 heterocycles. The second kappa shape index (κ2) is 5.83. The molecule has 2 aliphatic rings. The number of hydrogen-bond acceptors (Lipinski definition) is 3. The van der Waals surface area contributed by atoms with Crippen molar-refractivity contribution in [1.29, 1.82) is 0 Å². The first-order valence-electron chi connectivity index (χ1n) is 6.74. The molecule has 0 spiro atoms. The third-order valence-corrected chi connectivity index (χ3v) is 4.06. The number of carboxylic acid groups (broad SMARTS) is 1. The van der Waals surface area contributed by atoms with Crippen LogP contribution in [0.3, 0.4) is 0 Å². The minimum Gasteiger partial charge on any atom is -0.481 e. The lowest BCUT2D eigenvalue weighted by molar-refractivity contribution is -0.137. The summed E-state index contributed by atoms with van der Waals surface area (Å²) in [5, 5.41) is 18.5. The van der Waals surface area contributed by atoms with E-state index in [1.807, 2.05) is 0 Å². The molecular weight excluding hydrogens is 220 g/mol. The van der Waals surface area contributed by atoms with Gasteiger partial charge in [0.15, 0.2) is 0 Å². The number of carboxylic acids is 1. The quantitative estimate of drug-likeness (QED) is 0.670. The zero-order valence-electron chi connectivity index (χ0n) is 10.2. The minimum atomic E-state index is -0.707. The van der Waals surface area contributed by atoms with Gasteiger partial charge in [0.25, 0.3) is 0 Å². The van der Waals surface area contributed by atoms with Gasteiger partial charge in [-0.25, -0.2) is 0 Å². The molecule has 0 saturated carbocycles. The van der Waals surface area contributed by atoms with Gasteiger partial charge in [-0.15, -0.1) is 0 Å². The van der Waals surface area contributed by atoms with Gasteiger partial charge in [0.05, 0.1) is 18.3 Å². The maximum absolute atomic E-state index is 10.3. The summed E-state index contributed by atoms with van der Waals surface area (Å²) in [4.78, 5) is 10.3. The molecule has 4 atom stereocenters. The Balaban J connectivity index is 1.55. The van der Waals surface area contributed by atoms with Crippen LogP contribution in [0, 0.1) is 5.92 Å². The van der Waals surface area contributed by atoms with E-state index in [1.165, 1.54) is 0 Å². The Morgan fingerprint density at radius 1 is 1.12 bits per heavy atom. The molecule has 0 aliphatic carbocycles. The van der Waals surface area contributed by atoms with Crippen LogP contribution in [0.4, 0.5) is 0 Å². The molecule has 98 valence electrons. The van der Waals surface area contributed by atoms with Crippen molar-refractivity contribution in [2.24, 2.45) is 5.92 Å². The van der Waals surface area contributed by atoms with Crippen LogP contribution in [0.1, 0.15) is 51.4 Å². The number of fused-ring (bicyclic) bond motifs is 2. The molecule has 4 unspecified atom stereocenters. The van der Waals surface area contributed by atoms with Crippen LogP contribution in [0.25, 0.3) is 0 Å². The zero-order chi connectivity index (χ0) is 12.3. The Kier molecular flexibility index (Phi) is 4.40. The number of ether oxygens (including phenoxy) is 1. The summed E-state index contributed by atoms with van der Waals surface area (Å²) in [6.07, 6.45) is 7.43. The van der Waals surface area contributed by atoms with Crippen LogP contribution in [0.15, 0.2) is 0 Å². The number of unbranched alkanes of at least 4 members (excludes halogenated alkanes) is 3. The van der Waals surface area contributed by atoms with Crippen LogP contribution in [0.5, 0.6) is 0 Å². The second-order valence-electron chi connectivity index (χ2n) is 5.29.